The summed E-state index contributed by atoms with van der Waals surface area (Å²) in [6.07, 6.45) is 1.19. The van der Waals surface area contributed by atoms with Crippen molar-refractivity contribution in [2.24, 2.45) is 11.8 Å². The van der Waals surface area contributed by atoms with Gasteiger partial charge in [0, 0.05) is 18.5 Å². The number of hydrogen-bond donors (Lipinski definition) is 1. The van der Waals surface area contributed by atoms with Crippen molar-refractivity contribution in [3.8, 4) is 0 Å². The van der Waals surface area contributed by atoms with Crippen molar-refractivity contribution in [3.63, 3.8) is 0 Å². The van der Waals surface area contributed by atoms with Gasteiger partial charge in [-0.15, -0.1) is 0 Å². The third kappa shape index (κ3) is 7.57. The van der Waals surface area contributed by atoms with Crippen LogP contribution in [-0.4, -0.2) is 22.5 Å². The number of rotatable bonds is 10. The van der Waals surface area contributed by atoms with Gasteiger partial charge in [-0.1, -0.05) is 63.6 Å². The zero-order valence-electron chi connectivity index (χ0n) is 21.0. The van der Waals surface area contributed by atoms with Crippen molar-refractivity contribution >= 4 is 5.97 Å². The van der Waals surface area contributed by atoms with E-state index < -0.39 is 17.7 Å². The van der Waals surface area contributed by atoms with E-state index in [0.717, 1.165) is 56.2 Å². The van der Waals surface area contributed by atoms with Gasteiger partial charge in [-0.3, -0.25) is 9.69 Å². The molecule has 6 heteroatoms. The summed E-state index contributed by atoms with van der Waals surface area (Å²) in [7, 11) is 0. The van der Waals surface area contributed by atoms with Crippen LogP contribution in [0.2, 0.25) is 0 Å². The number of benzene rings is 2. The molecule has 0 radical (unpaired) electrons. The van der Waals surface area contributed by atoms with Gasteiger partial charge in [-0.25, -0.2) is 0 Å². The lowest BCUT2D eigenvalue weighted by Crippen LogP contribution is -2.40. The van der Waals surface area contributed by atoms with Crippen molar-refractivity contribution in [3.05, 3.63) is 70.8 Å². The molecule has 0 bridgehead atoms. The molecular weight excluding hydrogens is 451 g/mol. The Morgan fingerprint density at radius 2 is 1.71 bits per heavy atom. The maximum Gasteiger partial charge on any atom is 0.416 e. The first kappa shape index (κ1) is 27.3. The summed E-state index contributed by atoms with van der Waals surface area (Å²) in [5.41, 5.74) is 2.69. The van der Waals surface area contributed by atoms with E-state index in [1.54, 1.807) is 12.1 Å². The van der Waals surface area contributed by atoms with E-state index in [0.29, 0.717) is 5.92 Å². The number of carboxylic acids is 1. The molecule has 0 amide bonds. The van der Waals surface area contributed by atoms with E-state index in [9.17, 15) is 23.1 Å². The molecule has 1 saturated heterocycles. The molecule has 1 heterocycles. The average Bonchev–Trinajstić information content (AvgIpc) is 2.80. The van der Waals surface area contributed by atoms with Gasteiger partial charge in [0.1, 0.15) is 0 Å². The number of hydrogen-bond acceptors (Lipinski definition) is 2. The van der Waals surface area contributed by atoms with Crippen molar-refractivity contribution < 1.29 is 23.1 Å². The standard InChI is InChI=1S/C29H38F3NO2/c1-4-5-21-7-9-24(10-8-21)27-18-22(19-28(34)35)16-17-33(27)26(15-6-20(2)3)23-11-13-25(14-12-23)29(30,31)32/h7-14,20,22,26-27H,4-6,15-19H2,1-3H3,(H,34,35)/t22-,26+,27-/m0/s1. The fourth-order valence-electron chi connectivity index (χ4n) is 5.29. The van der Waals surface area contributed by atoms with Crippen LogP contribution in [0.4, 0.5) is 13.2 Å². The third-order valence-corrected chi connectivity index (χ3v) is 7.16. The zero-order valence-corrected chi connectivity index (χ0v) is 21.0. The Balaban J connectivity index is 1.96. The Kier molecular flexibility index (Phi) is 9.40. The number of nitrogens with zero attached hydrogens (tertiary/aromatic N) is 1. The minimum Gasteiger partial charge on any atom is -0.481 e. The van der Waals surface area contributed by atoms with Gasteiger partial charge in [-0.05, 0) is 79.3 Å². The highest BCUT2D eigenvalue weighted by molar-refractivity contribution is 5.67. The highest BCUT2D eigenvalue weighted by Gasteiger charge is 2.36. The van der Waals surface area contributed by atoms with E-state index in [2.05, 4.69) is 49.9 Å². The lowest BCUT2D eigenvalue weighted by atomic mass is 9.82. The van der Waals surface area contributed by atoms with Crippen LogP contribution < -0.4 is 0 Å². The lowest BCUT2D eigenvalue weighted by molar-refractivity contribution is -0.139. The number of likely N-dealkylation sites (tertiary alicyclic amines) is 1. The van der Waals surface area contributed by atoms with Crippen LogP contribution in [0, 0.1) is 11.8 Å². The summed E-state index contributed by atoms with van der Waals surface area (Å²) in [6.45, 7) is 7.19. The van der Waals surface area contributed by atoms with Crippen LogP contribution in [0.1, 0.15) is 93.6 Å². The van der Waals surface area contributed by atoms with E-state index in [-0.39, 0.29) is 24.4 Å². The van der Waals surface area contributed by atoms with E-state index in [1.807, 2.05) is 0 Å². The molecule has 192 valence electrons. The number of aryl methyl sites for hydroxylation is 1. The van der Waals surface area contributed by atoms with E-state index in [4.69, 9.17) is 0 Å². The average molecular weight is 490 g/mol. The molecule has 0 saturated carbocycles. The van der Waals surface area contributed by atoms with Crippen LogP contribution in [0.15, 0.2) is 48.5 Å². The maximum atomic E-state index is 13.2. The second-order valence-electron chi connectivity index (χ2n) is 10.3. The molecule has 2 aromatic rings. The van der Waals surface area contributed by atoms with Crippen LogP contribution >= 0.6 is 0 Å². The second-order valence-corrected chi connectivity index (χ2v) is 10.3. The highest BCUT2D eigenvalue weighted by atomic mass is 19.4. The van der Waals surface area contributed by atoms with Crippen molar-refractivity contribution in [2.75, 3.05) is 6.54 Å². The summed E-state index contributed by atoms with van der Waals surface area (Å²) in [4.78, 5) is 13.9. The SMILES string of the molecule is CCCc1ccc([C@@H]2C[C@@H](CC(=O)O)CCN2[C@H](CCC(C)C)c2ccc(C(F)(F)F)cc2)cc1. The number of carbonyl (C=O) groups is 1. The van der Waals surface area contributed by atoms with Crippen molar-refractivity contribution in [2.45, 2.75) is 84.0 Å². The fourth-order valence-corrected chi connectivity index (χ4v) is 5.29. The van der Waals surface area contributed by atoms with E-state index >= 15 is 0 Å². The summed E-state index contributed by atoms with van der Waals surface area (Å²) in [5.74, 6) is -0.217. The van der Waals surface area contributed by atoms with E-state index in [1.165, 1.54) is 17.7 Å². The Morgan fingerprint density at radius 3 is 2.26 bits per heavy atom. The topological polar surface area (TPSA) is 40.5 Å². The minimum atomic E-state index is -4.36. The number of aliphatic carboxylic acids is 1. The lowest BCUT2D eigenvalue weighted by Gasteiger charge is -2.44. The summed E-state index contributed by atoms with van der Waals surface area (Å²) >= 11 is 0. The summed E-state index contributed by atoms with van der Waals surface area (Å²) in [6, 6.07) is 14.2. The molecule has 1 aliphatic rings. The molecule has 35 heavy (non-hydrogen) atoms. The fraction of sp³-hybridized carbons (Fsp3) is 0.552. The number of carboxylic acid groups (broad SMARTS) is 1. The van der Waals surface area contributed by atoms with Gasteiger partial charge in [0.25, 0.3) is 0 Å². The molecule has 0 aliphatic carbocycles. The number of alkyl halides is 3. The molecule has 0 unspecified atom stereocenters. The van der Waals surface area contributed by atoms with Crippen LogP contribution in [0.3, 0.4) is 0 Å². The quantitative estimate of drug-likeness (QED) is 0.367. The third-order valence-electron chi connectivity index (χ3n) is 7.16. The van der Waals surface area contributed by atoms with Crippen LogP contribution in [0.25, 0.3) is 0 Å². The van der Waals surface area contributed by atoms with Crippen LogP contribution in [0.5, 0.6) is 0 Å². The molecule has 1 fully saturated rings. The largest absolute Gasteiger partial charge is 0.481 e. The Morgan fingerprint density at radius 1 is 1.06 bits per heavy atom. The molecule has 1 N–H and O–H groups in total. The zero-order chi connectivity index (χ0) is 25.6. The molecule has 3 nitrogen and oxygen atoms in total. The number of halogens is 3. The first-order valence-corrected chi connectivity index (χ1v) is 12.8. The Bertz CT molecular complexity index is 938. The molecule has 1 aliphatic heterocycles. The second kappa shape index (κ2) is 12.1. The smallest absolute Gasteiger partial charge is 0.416 e. The van der Waals surface area contributed by atoms with Gasteiger partial charge in [0.15, 0.2) is 0 Å². The highest BCUT2D eigenvalue weighted by Crippen LogP contribution is 2.43. The summed E-state index contributed by atoms with van der Waals surface area (Å²) < 4.78 is 39.6. The molecular formula is C29H38F3NO2. The first-order valence-electron chi connectivity index (χ1n) is 12.8. The first-order chi connectivity index (χ1) is 16.6. The molecule has 0 spiro atoms. The van der Waals surface area contributed by atoms with Gasteiger partial charge >= 0.3 is 12.1 Å². The normalized spacial score (nSPS) is 20.2. The maximum absolute atomic E-state index is 13.2. The van der Waals surface area contributed by atoms with Gasteiger partial charge in [-0.2, -0.15) is 13.2 Å². The monoisotopic (exact) mass is 489 g/mol. The minimum absolute atomic E-state index is 0.0224. The molecule has 2 aromatic carbocycles. The molecule has 0 aromatic heterocycles. The summed E-state index contributed by atoms with van der Waals surface area (Å²) in [5, 5.41) is 9.40. The van der Waals surface area contributed by atoms with Gasteiger partial charge in [0.2, 0.25) is 0 Å². The molecule has 3 rings (SSSR count). The molecule has 3 atom stereocenters. The Labute approximate surface area is 207 Å². The number of piperidine rings is 1. The predicted molar refractivity (Wildman–Crippen MR) is 133 cm³/mol. The predicted octanol–water partition coefficient (Wildman–Crippen LogP) is 8.06. The van der Waals surface area contributed by atoms with Crippen molar-refractivity contribution in [1.29, 1.82) is 0 Å². The van der Waals surface area contributed by atoms with Gasteiger partial charge < -0.3 is 5.11 Å². The van der Waals surface area contributed by atoms with Gasteiger partial charge in [0.05, 0.1) is 5.56 Å². The van der Waals surface area contributed by atoms with Crippen LogP contribution in [-0.2, 0) is 17.4 Å². The Hall–Kier alpha value is -2.34. The van der Waals surface area contributed by atoms with Crippen molar-refractivity contribution in [1.82, 2.24) is 4.90 Å².